The largest absolute Gasteiger partial charge is 0.352 e. The highest BCUT2D eigenvalue weighted by Crippen LogP contribution is 2.13. The molecule has 2 aromatic rings. The summed E-state index contributed by atoms with van der Waals surface area (Å²) in [4.78, 5) is 27.8. The van der Waals surface area contributed by atoms with Gasteiger partial charge in [0, 0.05) is 17.7 Å². The quantitative estimate of drug-likeness (QED) is 0.915. The summed E-state index contributed by atoms with van der Waals surface area (Å²) in [6.07, 6.45) is 1.41. The minimum atomic E-state index is -0.238. The van der Waals surface area contributed by atoms with Crippen molar-refractivity contribution in [3.8, 4) is 11.3 Å². The summed E-state index contributed by atoms with van der Waals surface area (Å²) < 4.78 is 1.30. The van der Waals surface area contributed by atoms with E-state index in [1.807, 2.05) is 44.2 Å². The Hall–Kier alpha value is -2.43. The van der Waals surface area contributed by atoms with Gasteiger partial charge in [0.2, 0.25) is 5.91 Å². The van der Waals surface area contributed by atoms with Gasteiger partial charge in [0.1, 0.15) is 6.54 Å². The minimum Gasteiger partial charge on any atom is -0.352 e. The molecular weight excluding hydrogens is 254 g/mol. The van der Waals surface area contributed by atoms with Crippen molar-refractivity contribution in [1.29, 1.82) is 0 Å². The van der Waals surface area contributed by atoms with Crippen molar-refractivity contribution in [1.82, 2.24) is 14.9 Å². The van der Waals surface area contributed by atoms with Gasteiger partial charge in [0.05, 0.1) is 12.0 Å². The summed E-state index contributed by atoms with van der Waals surface area (Å²) in [6.45, 7) is 3.73. The van der Waals surface area contributed by atoms with Crippen LogP contribution in [0.25, 0.3) is 11.3 Å². The van der Waals surface area contributed by atoms with Crippen molar-refractivity contribution >= 4 is 5.91 Å². The van der Waals surface area contributed by atoms with Crippen molar-refractivity contribution in [2.24, 2.45) is 0 Å². The molecule has 5 nitrogen and oxygen atoms in total. The Morgan fingerprint density at radius 1 is 1.30 bits per heavy atom. The SMILES string of the molecule is CC(C)NC(=O)Cn1cnc(-c2ccccc2)cc1=O. The van der Waals surface area contributed by atoms with Crippen molar-refractivity contribution in [3.63, 3.8) is 0 Å². The van der Waals surface area contributed by atoms with Crippen LogP contribution in [-0.4, -0.2) is 21.5 Å². The number of aromatic nitrogens is 2. The zero-order chi connectivity index (χ0) is 14.5. The van der Waals surface area contributed by atoms with Gasteiger partial charge in [-0.15, -0.1) is 0 Å². The molecule has 0 aliphatic heterocycles. The maximum Gasteiger partial charge on any atom is 0.254 e. The number of hydrogen-bond donors (Lipinski definition) is 1. The fraction of sp³-hybridized carbons (Fsp3) is 0.267. The summed E-state index contributed by atoms with van der Waals surface area (Å²) in [5.41, 5.74) is 1.25. The maximum absolute atomic E-state index is 12.0. The van der Waals surface area contributed by atoms with Crippen molar-refractivity contribution in [3.05, 3.63) is 53.1 Å². The van der Waals surface area contributed by atoms with Crippen molar-refractivity contribution in [2.75, 3.05) is 0 Å². The van der Waals surface area contributed by atoms with Gasteiger partial charge in [0.25, 0.3) is 5.56 Å². The molecule has 0 saturated heterocycles. The second-order valence-corrected chi connectivity index (χ2v) is 4.83. The molecule has 0 atom stereocenters. The first kappa shape index (κ1) is 14.0. The summed E-state index contributed by atoms with van der Waals surface area (Å²) in [7, 11) is 0. The predicted octanol–water partition coefficient (Wildman–Crippen LogP) is 1.43. The summed E-state index contributed by atoms with van der Waals surface area (Å²) in [6, 6.07) is 10.9. The number of benzene rings is 1. The van der Waals surface area contributed by atoms with E-state index in [0.29, 0.717) is 5.69 Å². The van der Waals surface area contributed by atoms with Crippen LogP contribution in [0.1, 0.15) is 13.8 Å². The molecule has 1 heterocycles. The third-order valence-electron chi connectivity index (χ3n) is 2.71. The minimum absolute atomic E-state index is 0.0148. The van der Waals surface area contributed by atoms with Gasteiger partial charge in [-0.05, 0) is 13.8 Å². The number of nitrogens with one attached hydrogen (secondary N) is 1. The van der Waals surface area contributed by atoms with Crippen LogP contribution in [-0.2, 0) is 11.3 Å². The number of carbonyl (C=O) groups excluding carboxylic acids is 1. The van der Waals surface area contributed by atoms with Gasteiger partial charge in [-0.2, -0.15) is 0 Å². The molecule has 0 spiro atoms. The zero-order valence-electron chi connectivity index (χ0n) is 11.5. The van der Waals surface area contributed by atoms with Crippen molar-refractivity contribution in [2.45, 2.75) is 26.4 Å². The number of nitrogens with zero attached hydrogens (tertiary/aromatic N) is 2. The lowest BCUT2D eigenvalue weighted by Crippen LogP contribution is -2.35. The molecule has 1 N–H and O–H groups in total. The van der Waals surface area contributed by atoms with Crippen LogP contribution in [0.3, 0.4) is 0 Å². The normalized spacial score (nSPS) is 10.6. The Morgan fingerprint density at radius 3 is 2.60 bits per heavy atom. The van der Waals surface area contributed by atoms with Crippen LogP contribution in [0.5, 0.6) is 0 Å². The molecule has 0 unspecified atom stereocenters. The van der Waals surface area contributed by atoms with Gasteiger partial charge < -0.3 is 5.32 Å². The van der Waals surface area contributed by atoms with E-state index in [9.17, 15) is 9.59 Å². The van der Waals surface area contributed by atoms with E-state index in [4.69, 9.17) is 0 Å². The Bertz CT molecular complexity index is 648. The molecule has 2 rings (SSSR count). The first-order valence-corrected chi connectivity index (χ1v) is 6.47. The molecule has 1 aromatic heterocycles. The first-order valence-electron chi connectivity index (χ1n) is 6.47. The van der Waals surface area contributed by atoms with Crippen LogP contribution in [0.15, 0.2) is 47.5 Å². The highest BCUT2D eigenvalue weighted by Gasteiger charge is 2.07. The predicted molar refractivity (Wildman–Crippen MR) is 77.2 cm³/mol. The first-order chi connectivity index (χ1) is 9.56. The van der Waals surface area contributed by atoms with E-state index in [2.05, 4.69) is 10.3 Å². The number of hydrogen-bond acceptors (Lipinski definition) is 3. The lowest BCUT2D eigenvalue weighted by molar-refractivity contribution is -0.122. The fourth-order valence-corrected chi connectivity index (χ4v) is 1.83. The highest BCUT2D eigenvalue weighted by atomic mass is 16.2. The number of amides is 1. The molecular formula is C15H17N3O2. The molecule has 0 aliphatic rings. The molecule has 104 valence electrons. The highest BCUT2D eigenvalue weighted by molar-refractivity contribution is 5.76. The van der Waals surface area contributed by atoms with Gasteiger partial charge >= 0.3 is 0 Å². The molecule has 20 heavy (non-hydrogen) atoms. The van der Waals surface area contributed by atoms with Crippen LogP contribution >= 0.6 is 0 Å². The zero-order valence-corrected chi connectivity index (χ0v) is 11.5. The van der Waals surface area contributed by atoms with Crippen LogP contribution in [0.4, 0.5) is 0 Å². The number of rotatable bonds is 4. The lowest BCUT2D eigenvalue weighted by Gasteiger charge is -2.10. The third-order valence-corrected chi connectivity index (χ3v) is 2.71. The molecule has 5 heteroatoms. The Labute approximate surface area is 117 Å². The Balaban J connectivity index is 2.19. The lowest BCUT2D eigenvalue weighted by atomic mass is 10.1. The average Bonchev–Trinajstić information content (AvgIpc) is 2.41. The molecule has 0 saturated carbocycles. The summed E-state index contributed by atoms with van der Waals surface area (Å²) >= 11 is 0. The van der Waals surface area contributed by atoms with Gasteiger partial charge in [-0.3, -0.25) is 14.2 Å². The fourth-order valence-electron chi connectivity index (χ4n) is 1.83. The summed E-state index contributed by atoms with van der Waals surface area (Å²) in [5, 5.41) is 2.74. The van der Waals surface area contributed by atoms with E-state index < -0.39 is 0 Å². The van der Waals surface area contributed by atoms with E-state index in [-0.39, 0.29) is 24.1 Å². The third kappa shape index (κ3) is 3.54. The monoisotopic (exact) mass is 271 g/mol. The second kappa shape index (κ2) is 6.14. The van der Waals surface area contributed by atoms with Crippen LogP contribution < -0.4 is 10.9 Å². The topological polar surface area (TPSA) is 64.0 Å². The number of carbonyl (C=O) groups is 1. The molecule has 0 radical (unpaired) electrons. The van der Waals surface area contributed by atoms with Gasteiger partial charge in [-0.25, -0.2) is 4.98 Å². The van der Waals surface area contributed by atoms with E-state index in [0.717, 1.165) is 5.56 Å². The van der Waals surface area contributed by atoms with E-state index in [1.165, 1.54) is 17.0 Å². The summed E-state index contributed by atoms with van der Waals surface area (Å²) in [5.74, 6) is -0.198. The standard InChI is InChI=1S/C15H17N3O2/c1-11(2)17-14(19)9-18-10-16-13(8-15(18)20)12-6-4-3-5-7-12/h3-8,10-11H,9H2,1-2H3,(H,17,19). The van der Waals surface area contributed by atoms with Crippen LogP contribution in [0, 0.1) is 0 Å². The van der Waals surface area contributed by atoms with Crippen LogP contribution in [0.2, 0.25) is 0 Å². The Morgan fingerprint density at radius 2 is 2.00 bits per heavy atom. The molecule has 1 aromatic carbocycles. The van der Waals surface area contributed by atoms with Gasteiger partial charge in [0.15, 0.2) is 0 Å². The molecule has 0 fully saturated rings. The Kier molecular flexibility index (Phi) is 4.30. The molecule has 0 aliphatic carbocycles. The second-order valence-electron chi connectivity index (χ2n) is 4.83. The molecule has 0 bridgehead atoms. The average molecular weight is 271 g/mol. The smallest absolute Gasteiger partial charge is 0.254 e. The van der Waals surface area contributed by atoms with E-state index >= 15 is 0 Å². The van der Waals surface area contributed by atoms with Gasteiger partial charge in [-0.1, -0.05) is 30.3 Å². The maximum atomic E-state index is 12.0. The van der Waals surface area contributed by atoms with E-state index in [1.54, 1.807) is 0 Å². The van der Waals surface area contributed by atoms with Crippen molar-refractivity contribution < 1.29 is 4.79 Å². The molecule has 1 amide bonds.